The van der Waals surface area contributed by atoms with Crippen molar-refractivity contribution in [3.8, 4) is 0 Å². The quantitative estimate of drug-likeness (QED) is 0.908. The lowest BCUT2D eigenvalue weighted by molar-refractivity contribution is 0.0696. The van der Waals surface area contributed by atoms with Gasteiger partial charge in [0.2, 0.25) is 5.76 Å². The highest BCUT2D eigenvalue weighted by molar-refractivity contribution is 6.31. The average molecular weight is 295 g/mol. The van der Waals surface area contributed by atoms with Gasteiger partial charge in [-0.05, 0) is 25.1 Å². The van der Waals surface area contributed by atoms with Crippen LogP contribution in [-0.2, 0) is 0 Å². The predicted molar refractivity (Wildman–Crippen MR) is 72.3 cm³/mol. The van der Waals surface area contributed by atoms with Gasteiger partial charge < -0.3 is 14.8 Å². The zero-order valence-electron chi connectivity index (χ0n) is 10.7. The molecule has 6 nitrogen and oxygen atoms in total. The van der Waals surface area contributed by atoms with Crippen LogP contribution in [0.15, 0.2) is 22.6 Å². The number of aromatic nitrogens is 1. The number of halogens is 1. The number of hydrogen-bond donors (Lipinski definition) is 2. The summed E-state index contributed by atoms with van der Waals surface area (Å²) >= 11 is 5.81. The summed E-state index contributed by atoms with van der Waals surface area (Å²) in [7, 11) is 0. The maximum atomic E-state index is 12.0. The first-order valence-corrected chi connectivity index (χ1v) is 6.04. The van der Waals surface area contributed by atoms with Crippen LogP contribution in [0.1, 0.15) is 32.5 Å². The van der Waals surface area contributed by atoms with E-state index in [1.807, 2.05) is 0 Å². The third kappa shape index (κ3) is 2.97. The monoisotopic (exact) mass is 294 g/mol. The molecular weight excluding hydrogens is 284 g/mol. The Kier molecular flexibility index (Phi) is 3.76. The maximum absolute atomic E-state index is 12.0. The highest BCUT2D eigenvalue weighted by Gasteiger charge is 2.17. The van der Waals surface area contributed by atoms with Gasteiger partial charge in [0.25, 0.3) is 5.91 Å². The van der Waals surface area contributed by atoms with Gasteiger partial charge in [0.1, 0.15) is 0 Å². The number of nitrogens with zero attached hydrogens (tertiary/aromatic N) is 1. The van der Waals surface area contributed by atoms with E-state index in [-0.39, 0.29) is 22.0 Å². The summed E-state index contributed by atoms with van der Waals surface area (Å²) in [6.07, 6.45) is 0. The summed E-state index contributed by atoms with van der Waals surface area (Å²) < 4.78 is 5.18. The van der Waals surface area contributed by atoms with Crippen molar-refractivity contribution in [2.24, 2.45) is 0 Å². The number of carboxylic acid groups (broad SMARTS) is 1. The third-order valence-electron chi connectivity index (χ3n) is 2.51. The molecule has 1 aromatic heterocycles. The molecule has 1 amide bonds. The molecule has 0 atom stereocenters. The first-order valence-electron chi connectivity index (χ1n) is 5.66. The van der Waals surface area contributed by atoms with Crippen molar-refractivity contribution in [2.45, 2.75) is 13.8 Å². The van der Waals surface area contributed by atoms with Gasteiger partial charge in [0, 0.05) is 17.6 Å². The molecule has 7 heteroatoms. The van der Waals surface area contributed by atoms with Crippen molar-refractivity contribution in [3.63, 3.8) is 0 Å². The van der Waals surface area contributed by atoms with Crippen LogP contribution < -0.4 is 5.32 Å². The Morgan fingerprint density at radius 3 is 2.55 bits per heavy atom. The largest absolute Gasteiger partial charge is 0.478 e. The van der Waals surface area contributed by atoms with Gasteiger partial charge in [-0.15, -0.1) is 0 Å². The smallest absolute Gasteiger partial charge is 0.335 e. The van der Waals surface area contributed by atoms with E-state index in [1.54, 1.807) is 13.8 Å². The summed E-state index contributed by atoms with van der Waals surface area (Å²) in [5.74, 6) is -1.18. The van der Waals surface area contributed by atoms with Crippen LogP contribution in [-0.4, -0.2) is 22.0 Å². The van der Waals surface area contributed by atoms with Crippen LogP contribution in [0.3, 0.4) is 0 Å². The van der Waals surface area contributed by atoms with Crippen molar-refractivity contribution < 1.29 is 19.1 Å². The molecule has 0 unspecified atom stereocenters. The van der Waals surface area contributed by atoms with E-state index in [4.69, 9.17) is 21.1 Å². The molecule has 20 heavy (non-hydrogen) atoms. The van der Waals surface area contributed by atoms with Crippen LogP contribution in [0.4, 0.5) is 5.69 Å². The van der Waals surface area contributed by atoms with Gasteiger partial charge >= 0.3 is 5.97 Å². The lowest BCUT2D eigenvalue weighted by Gasteiger charge is -2.05. The molecule has 1 heterocycles. The second-order valence-corrected chi connectivity index (χ2v) is 4.57. The SMILES string of the molecule is Cc1nc(C)c(C(=O)Nc2cc(Cl)cc(C(=O)O)c2)o1. The predicted octanol–water partition coefficient (Wildman–Crippen LogP) is 2.90. The molecule has 0 aliphatic rings. The van der Waals surface area contributed by atoms with Crippen molar-refractivity contribution in [1.29, 1.82) is 0 Å². The van der Waals surface area contributed by atoms with E-state index in [9.17, 15) is 9.59 Å². The Hall–Kier alpha value is -2.34. The fourth-order valence-corrected chi connectivity index (χ4v) is 1.95. The number of nitrogens with one attached hydrogen (secondary N) is 1. The Morgan fingerprint density at radius 1 is 1.30 bits per heavy atom. The van der Waals surface area contributed by atoms with E-state index in [1.165, 1.54) is 18.2 Å². The molecule has 2 rings (SSSR count). The number of aryl methyl sites for hydroxylation is 2. The molecule has 0 saturated heterocycles. The molecule has 0 saturated carbocycles. The summed E-state index contributed by atoms with van der Waals surface area (Å²) in [6.45, 7) is 3.28. The molecule has 2 N–H and O–H groups in total. The summed E-state index contributed by atoms with van der Waals surface area (Å²) in [4.78, 5) is 26.9. The van der Waals surface area contributed by atoms with E-state index in [2.05, 4.69) is 10.3 Å². The second-order valence-electron chi connectivity index (χ2n) is 4.14. The first kappa shape index (κ1) is 14.1. The number of anilines is 1. The van der Waals surface area contributed by atoms with Crippen LogP contribution in [0.5, 0.6) is 0 Å². The Morgan fingerprint density at radius 2 is 2.00 bits per heavy atom. The highest BCUT2D eigenvalue weighted by Crippen LogP contribution is 2.20. The standard InChI is InChI=1S/C13H11ClN2O4/c1-6-11(20-7(2)15-6)12(17)16-10-4-8(13(18)19)3-9(14)5-10/h3-5H,1-2H3,(H,16,17)(H,18,19). The van der Waals surface area contributed by atoms with E-state index >= 15 is 0 Å². The van der Waals surface area contributed by atoms with Gasteiger partial charge in [0.05, 0.1) is 11.3 Å². The topological polar surface area (TPSA) is 92.4 Å². The van der Waals surface area contributed by atoms with Crippen LogP contribution >= 0.6 is 11.6 Å². The van der Waals surface area contributed by atoms with Gasteiger partial charge in [-0.2, -0.15) is 0 Å². The summed E-state index contributed by atoms with van der Waals surface area (Å²) in [5, 5.41) is 11.7. The number of carbonyl (C=O) groups excluding carboxylic acids is 1. The zero-order chi connectivity index (χ0) is 14.9. The average Bonchev–Trinajstić information content (AvgIpc) is 2.67. The highest BCUT2D eigenvalue weighted by atomic mass is 35.5. The van der Waals surface area contributed by atoms with Crippen LogP contribution in [0.2, 0.25) is 5.02 Å². The minimum Gasteiger partial charge on any atom is -0.478 e. The van der Waals surface area contributed by atoms with Crippen molar-refractivity contribution in [3.05, 3.63) is 46.1 Å². The van der Waals surface area contributed by atoms with E-state index < -0.39 is 11.9 Å². The molecule has 104 valence electrons. The van der Waals surface area contributed by atoms with Gasteiger partial charge in [-0.25, -0.2) is 9.78 Å². The number of benzene rings is 1. The zero-order valence-corrected chi connectivity index (χ0v) is 11.5. The Labute approximate surface area is 119 Å². The molecule has 0 aliphatic heterocycles. The second kappa shape index (κ2) is 5.34. The number of amides is 1. The summed E-state index contributed by atoms with van der Waals surface area (Å²) in [6, 6.07) is 4.05. The number of oxazole rings is 1. The van der Waals surface area contributed by atoms with Crippen molar-refractivity contribution in [2.75, 3.05) is 5.32 Å². The normalized spacial score (nSPS) is 10.3. The van der Waals surface area contributed by atoms with E-state index in [0.717, 1.165) is 0 Å². The number of aromatic carboxylic acids is 1. The first-order chi connectivity index (χ1) is 9.36. The van der Waals surface area contributed by atoms with Crippen LogP contribution in [0, 0.1) is 13.8 Å². The minimum atomic E-state index is -1.13. The Bertz CT molecular complexity index is 694. The van der Waals surface area contributed by atoms with Crippen LogP contribution in [0.25, 0.3) is 0 Å². The molecule has 0 aliphatic carbocycles. The minimum absolute atomic E-state index is 0.0155. The Balaban J connectivity index is 2.28. The number of carbonyl (C=O) groups is 2. The van der Waals surface area contributed by atoms with Gasteiger partial charge in [-0.3, -0.25) is 4.79 Å². The fourth-order valence-electron chi connectivity index (χ4n) is 1.72. The van der Waals surface area contributed by atoms with Gasteiger partial charge in [0.15, 0.2) is 5.89 Å². The van der Waals surface area contributed by atoms with Gasteiger partial charge in [-0.1, -0.05) is 11.6 Å². The number of carboxylic acids is 1. The lowest BCUT2D eigenvalue weighted by Crippen LogP contribution is -2.13. The molecule has 0 radical (unpaired) electrons. The third-order valence-corrected chi connectivity index (χ3v) is 2.73. The fraction of sp³-hybridized carbons (Fsp3) is 0.154. The summed E-state index contributed by atoms with van der Waals surface area (Å²) in [5.41, 5.74) is 0.715. The molecular formula is C13H11ClN2O4. The molecule has 0 spiro atoms. The molecule has 1 aromatic carbocycles. The molecule has 0 bridgehead atoms. The number of rotatable bonds is 3. The van der Waals surface area contributed by atoms with Crippen molar-refractivity contribution >= 4 is 29.2 Å². The maximum Gasteiger partial charge on any atom is 0.335 e. The lowest BCUT2D eigenvalue weighted by atomic mass is 10.2. The molecule has 0 fully saturated rings. The molecule has 2 aromatic rings. The van der Waals surface area contributed by atoms with Crippen molar-refractivity contribution in [1.82, 2.24) is 4.98 Å². The van der Waals surface area contributed by atoms with E-state index in [0.29, 0.717) is 11.6 Å². The number of hydrogen-bond acceptors (Lipinski definition) is 4.